The summed E-state index contributed by atoms with van der Waals surface area (Å²) in [5, 5.41) is 8.69. The number of carboxylic acids is 1. The van der Waals surface area contributed by atoms with Gasteiger partial charge in [-0.15, -0.1) is 0 Å². The van der Waals surface area contributed by atoms with E-state index < -0.39 is 11.6 Å². The van der Waals surface area contributed by atoms with E-state index in [9.17, 15) is 9.59 Å². The monoisotopic (exact) mass is 458 g/mol. The van der Waals surface area contributed by atoms with Crippen molar-refractivity contribution < 1.29 is 24.2 Å². The average molecular weight is 459 g/mol. The maximum atomic E-state index is 13.2. The molecule has 0 radical (unpaired) electrons. The number of carbonyl (C=O) groups excluding carboxylic acids is 1. The molecule has 7 heteroatoms. The fourth-order valence-corrected chi connectivity index (χ4v) is 4.54. The summed E-state index contributed by atoms with van der Waals surface area (Å²) in [6, 6.07) is 10.6. The van der Waals surface area contributed by atoms with Crippen LogP contribution in [-0.4, -0.2) is 77.5 Å². The number of benzene rings is 1. The maximum Gasteiger partial charge on any atom is 0.410 e. The van der Waals surface area contributed by atoms with Gasteiger partial charge in [-0.2, -0.15) is 0 Å². The fraction of sp³-hybridized carbons (Fsp3) is 0.615. The predicted octanol–water partition coefficient (Wildman–Crippen LogP) is 4.28. The largest absolute Gasteiger partial charge is 0.480 e. The SMILES string of the molecule is CC(=Cc1ccccc1)C1C[C@@H]1N(C(=O)OC(C)(C)C)C1CCN(CCOCC(=O)O)CC1. The second-order valence-corrected chi connectivity index (χ2v) is 10.1. The van der Waals surface area contributed by atoms with Gasteiger partial charge in [0, 0.05) is 37.6 Å². The Balaban J connectivity index is 1.61. The number of rotatable bonds is 9. The summed E-state index contributed by atoms with van der Waals surface area (Å²) in [6.45, 7) is 10.5. The zero-order chi connectivity index (χ0) is 24.0. The van der Waals surface area contributed by atoms with Crippen molar-refractivity contribution in [2.45, 2.75) is 64.6 Å². The molecular formula is C26H38N2O5. The van der Waals surface area contributed by atoms with Crippen molar-refractivity contribution in [2.24, 2.45) is 5.92 Å². The van der Waals surface area contributed by atoms with Crippen molar-refractivity contribution in [3.63, 3.8) is 0 Å². The highest BCUT2D eigenvalue weighted by molar-refractivity contribution is 5.70. The summed E-state index contributed by atoms with van der Waals surface area (Å²) in [5.41, 5.74) is 1.95. The molecule has 1 aromatic carbocycles. The van der Waals surface area contributed by atoms with Crippen LogP contribution >= 0.6 is 0 Å². The van der Waals surface area contributed by atoms with Gasteiger partial charge in [0.1, 0.15) is 12.2 Å². The number of ether oxygens (including phenoxy) is 2. The predicted molar refractivity (Wildman–Crippen MR) is 128 cm³/mol. The van der Waals surface area contributed by atoms with Crippen LogP contribution in [0.2, 0.25) is 0 Å². The van der Waals surface area contributed by atoms with Crippen LogP contribution in [0.1, 0.15) is 52.5 Å². The lowest BCUT2D eigenvalue weighted by Gasteiger charge is -2.39. The summed E-state index contributed by atoms with van der Waals surface area (Å²) in [4.78, 5) is 28.1. The lowest BCUT2D eigenvalue weighted by atomic mass is 10.0. The molecule has 1 aliphatic carbocycles. The van der Waals surface area contributed by atoms with Gasteiger partial charge >= 0.3 is 12.1 Å². The first kappa shape index (κ1) is 25.2. The van der Waals surface area contributed by atoms with Crippen LogP contribution in [0.3, 0.4) is 0 Å². The number of likely N-dealkylation sites (tertiary alicyclic amines) is 1. The van der Waals surface area contributed by atoms with Gasteiger partial charge in [-0.3, -0.25) is 0 Å². The summed E-state index contributed by atoms with van der Waals surface area (Å²) in [5.74, 6) is -0.586. The molecule has 1 saturated heterocycles. The van der Waals surface area contributed by atoms with Gasteiger partial charge in [-0.05, 0) is 52.5 Å². The van der Waals surface area contributed by atoms with Gasteiger partial charge in [0.05, 0.1) is 6.61 Å². The Bertz CT molecular complexity index is 825. The Morgan fingerprint density at radius 1 is 1.18 bits per heavy atom. The molecule has 1 aromatic rings. The Morgan fingerprint density at radius 2 is 1.85 bits per heavy atom. The van der Waals surface area contributed by atoms with Gasteiger partial charge in [0.2, 0.25) is 0 Å². The van der Waals surface area contributed by atoms with Crippen LogP contribution in [0.4, 0.5) is 4.79 Å². The van der Waals surface area contributed by atoms with Crippen LogP contribution in [0.5, 0.6) is 0 Å². The van der Waals surface area contributed by atoms with Crippen LogP contribution in [0, 0.1) is 5.92 Å². The Morgan fingerprint density at radius 3 is 2.45 bits per heavy atom. The molecule has 2 aliphatic rings. The molecule has 1 saturated carbocycles. The molecule has 7 nitrogen and oxygen atoms in total. The molecule has 2 atom stereocenters. The van der Waals surface area contributed by atoms with Gasteiger partial charge in [0.15, 0.2) is 0 Å². The van der Waals surface area contributed by atoms with E-state index in [-0.39, 0.29) is 24.8 Å². The smallest absolute Gasteiger partial charge is 0.410 e. The van der Waals surface area contributed by atoms with E-state index in [4.69, 9.17) is 14.6 Å². The zero-order valence-corrected chi connectivity index (χ0v) is 20.3. The standard InChI is InChI=1S/C26H38N2O5/c1-19(16-20-8-6-5-7-9-20)22-17-23(22)28(25(31)33-26(2,3)4)21-10-12-27(13-11-21)14-15-32-18-24(29)30/h5-9,16,21-23H,10-15,17-18H2,1-4H3,(H,29,30)/t22?,23-/m0/s1. The van der Waals surface area contributed by atoms with E-state index in [2.05, 4.69) is 30.0 Å². The Kier molecular flexibility index (Phi) is 8.54. The van der Waals surface area contributed by atoms with E-state index in [0.29, 0.717) is 19.1 Å². The molecule has 3 rings (SSSR count). The lowest BCUT2D eigenvalue weighted by molar-refractivity contribution is -0.142. The van der Waals surface area contributed by atoms with Gasteiger partial charge < -0.3 is 24.4 Å². The highest BCUT2D eigenvalue weighted by Crippen LogP contribution is 2.44. The molecule has 1 aliphatic heterocycles. The minimum atomic E-state index is -0.947. The number of aliphatic carboxylic acids is 1. The Hall–Kier alpha value is -2.38. The molecule has 0 bridgehead atoms. The molecular weight excluding hydrogens is 420 g/mol. The third-order valence-electron chi connectivity index (χ3n) is 6.23. The molecule has 0 aromatic heterocycles. The number of carboxylic acid groups (broad SMARTS) is 1. The quantitative estimate of drug-likeness (QED) is 0.557. The molecule has 1 heterocycles. The van der Waals surface area contributed by atoms with Crippen molar-refractivity contribution in [2.75, 3.05) is 32.8 Å². The molecule has 33 heavy (non-hydrogen) atoms. The molecule has 2 fully saturated rings. The number of amides is 1. The van der Waals surface area contributed by atoms with Crippen LogP contribution in [-0.2, 0) is 14.3 Å². The first-order valence-electron chi connectivity index (χ1n) is 11.9. The summed E-state index contributed by atoms with van der Waals surface area (Å²) in [7, 11) is 0. The van der Waals surface area contributed by atoms with E-state index in [0.717, 1.165) is 32.4 Å². The molecule has 0 spiro atoms. The highest BCUT2D eigenvalue weighted by Gasteiger charge is 2.48. The van der Waals surface area contributed by atoms with Crippen molar-refractivity contribution in [3.8, 4) is 0 Å². The number of hydrogen-bond donors (Lipinski definition) is 1. The van der Waals surface area contributed by atoms with Crippen LogP contribution in [0.25, 0.3) is 6.08 Å². The van der Waals surface area contributed by atoms with E-state index in [1.165, 1.54) is 11.1 Å². The average Bonchev–Trinajstić information content (AvgIpc) is 3.52. The summed E-state index contributed by atoms with van der Waals surface area (Å²) < 4.78 is 11.0. The first-order valence-corrected chi connectivity index (χ1v) is 11.9. The molecule has 1 N–H and O–H groups in total. The number of hydrogen-bond acceptors (Lipinski definition) is 5. The lowest BCUT2D eigenvalue weighted by Crippen LogP contribution is -2.50. The van der Waals surface area contributed by atoms with Crippen LogP contribution < -0.4 is 0 Å². The van der Waals surface area contributed by atoms with Crippen molar-refractivity contribution in [1.29, 1.82) is 0 Å². The van der Waals surface area contributed by atoms with Gasteiger partial charge in [-0.25, -0.2) is 9.59 Å². The second kappa shape index (κ2) is 11.2. The Labute approximate surface area is 197 Å². The first-order chi connectivity index (χ1) is 15.6. The molecule has 182 valence electrons. The minimum Gasteiger partial charge on any atom is -0.480 e. The van der Waals surface area contributed by atoms with E-state index in [1.54, 1.807) is 0 Å². The van der Waals surface area contributed by atoms with Crippen molar-refractivity contribution in [1.82, 2.24) is 9.80 Å². The van der Waals surface area contributed by atoms with E-state index >= 15 is 0 Å². The van der Waals surface area contributed by atoms with Gasteiger partial charge in [0.25, 0.3) is 0 Å². The minimum absolute atomic E-state index is 0.149. The number of piperidine rings is 1. The zero-order valence-electron chi connectivity index (χ0n) is 20.3. The summed E-state index contributed by atoms with van der Waals surface area (Å²) in [6.07, 6.45) is 4.73. The topological polar surface area (TPSA) is 79.3 Å². The van der Waals surface area contributed by atoms with E-state index in [1.807, 2.05) is 43.9 Å². The van der Waals surface area contributed by atoms with Gasteiger partial charge in [-0.1, -0.05) is 42.0 Å². The summed E-state index contributed by atoms with van der Waals surface area (Å²) >= 11 is 0. The number of carbonyl (C=O) groups is 2. The van der Waals surface area contributed by atoms with Crippen LogP contribution in [0.15, 0.2) is 35.9 Å². The normalized spacial score (nSPS) is 22.1. The molecule has 1 unspecified atom stereocenters. The fourth-order valence-electron chi connectivity index (χ4n) is 4.54. The highest BCUT2D eigenvalue weighted by atomic mass is 16.6. The van der Waals surface area contributed by atoms with Crippen molar-refractivity contribution in [3.05, 3.63) is 41.5 Å². The number of nitrogens with zero attached hydrogens (tertiary/aromatic N) is 2. The van der Waals surface area contributed by atoms with Crippen molar-refractivity contribution >= 4 is 18.1 Å². The molecule has 1 amide bonds. The third-order valence-corrected chi connectivity index (χ3v) is 6.23. The third kappa shape index (κ3) is 7.86. The maximum absolute atomic E-state index is 13.2. The second-order valence-electron chi connectivity index (χ2n) is 10.1.